The summed E-state index contributed by atoms with van der Waals surface area (Å²) in [5, 5.41) is 0.576. The van der Waals surface area contributed by atoms with Gasteiger partial charge in [-0.2, -0.15) is 0 Å². The lowest BCUT2D eigenvalue weighted by Gasteiger charge is -2.08. The molecular formula is C12H18ClNO2. The van der Waals surface area contributed by atoms with E-state index >= 15 is 0 Å². The molecule has 16 heavy (non-hydrogen) atoms. The highest BCUT2D eigenvalue weighted by molar-refractivity contribution is 6.33. The van der Waals surface area contributed by atoms with Crippen LogP contribution >= 0.6 is 11.6 Å². The predicted octanol–water partition coefficient (Wildman–Crippen LogP) is 2.86. The fourth-order valence-electron chi connectivity index (χ4n) is 1.22. The molecular weight excluding hydrogens is 226 g/mol. The molecule has 0 fully saturated rings. The van der Waals surface area contributed by atoms with Gasteiger partial charge in [0.25, 0.3) is 0 Å². The van der Waals surface area contributed by atoms with Crippen LogP contribution in [-0.2, 0) is 16.1 Å². The lowest BCUT2D eigenvalue weighted by atomic mass is 10.2. The highest BCUT2D eigenvalue weighted by Crippen LogP contribution is 2.19. The van der Waals surface area contributed by atoms with Crippen LogP contribution in [0, 0.1) is 0 Å². The Morgan fingerprint density at radius 3 is 2.69 bits per heavy atom. The van der Waals surface area contributed by atoms with Crippen LogP contribution in [0.3, 0.4) is 0 Å². The van der Waals surface area contributed by atoms with Gasteiger partial charge in [0.05, 0.1) is 36.6 Å². The number of hydrogen-bond donors (Lipinski definition) is 1. The zero-order chi connectivity index (χ0) is 12.0. The van der Waals surface area contributed by atoms with E-state index in [1.807, 2.05) is 26.0 Å². The summed E-state index contributed by atoms with van der Waals surface area (Å²) in [5.41, 5.74) is 7.28. The smallest absolute Gasteiger partial charge is 0.0718 e. The number of benzene rings is 1. The summed E-state index contributed by atoms with van der Waals surface area (Å²) in [4.78, 5) is 0. The Hall–Kier alpha value is -0.770. The molecule has 0 aromatic heterocycles. The number of halogens is 1. The molecule has 1 aromatic carbocycles. The molecule has 0 bridgehead atoms. The normalized spacial score (nSPS) is 11.0. The van der Waals surface area contributed by atoms with Crippen molar-refractivity contribution < 1.29 is 9.47 Å². The lowest BCUT2D eigenvalue weighted by Crippen LogP contribution is -2.09. The van der Waals surface area contributed by atoms with Gasteiger partial charge in [0.1, 0.15) is 0 Å². The van der Waals surface area contributed by atoms with Crippen molar-refractivity contribution >= 4 is 17.3 Å². The molecule has 0 spiro atoms. The Morgan fingerprint density at radius 2 is 2.06 bits per heavy atom. The van der Waals surface area contributed by atoms with Crippen molar-refractivity contribution in [2.45, 2.75) is 26.6 Å². The average molecular weight is 244 g/mol. The second-order valence-corrected chi connectivity index (χ2v) is 4.24. The molecule has 0 heterocycles. The maximum atomic E-state index is 5.81. The van der Waals surface area contributed by atoms with E-state index in [1.165, 1.54) is 0 Å². The van der Waals surface area contributed by atoms with Gasteiger partial charge in [-0.05, 0) is 31.5 Å². The quantitative estimate of drug-likeness (QED) is 0.617. The van der Waals surface area contributed by atoms with Gasteiger partial charge in [0.2, 0.25) is 0 Å². The van der Waals surface area contributed by atoms with Crippen molar-refractivity contribution in [2.75, 3.05) is 18.9 Å². The zero-order valence-corrected chi connectivity index (χ0v) is 10.5. The van der Waals surface area contributed by atoms with Crippen LogP contribution in [0.25, 0.3) is 0 Å². The topological polar surface area (TPSA) is 44.5 Å². The third-order valence-corrected chi connectivity index (χ3v) is 2.35. The highest BCUT2D eigenvalue weighted by Gasteiger charge is 1.99. The second kappa shape index (κ2) is 6.74. The Morgan fingerprint density at radius 1 is 1.31 bits per heavy atom. The number of nitrogen functional groups attached to an aromatic ring is 1. The van der Waals surface area contributed by atoms with E-state index in [-0.39, 0.29) is 6.10 Å². The molecule has 0 aliphatic carbocycles. The van der Waals surface area contributed by atoms with Gasteiger partial charge >= 0.3 is 0 Å². The molecule has 90 valence electrons. The summed E-state index contributed by atoms with van der Waals surface area (Å²) < 4.78 is 10.8. The van der Waals surface area contributed by atoms with E-state index in [2.05, 4.69) is 0 Å². The fraction of sp³-hybridized carbons (Fsp3) is 0.500. The van der Waals surface area contributed by atoms with Crippen molar-refractivity contribution in [3.63, 3.8) is 0 Å². The van der Waals surface area contributed by atoms with Crippen LogP contribution in [0.2, 0.25) is 5.02 Å². The molecule has 2 N–H and O–H groups in total. The van der Waals surface area contributed by atoms with E-state index in [4.69, 9.17) is 26.8 Å². The molecule has 0 amide bonds. The van der Waals surface area contributed by atoms with Crippen LogP contribution in [0.15, 0.2) is 18.2 Å². The van der Waals surface area contributed by atoms with Crippen molar-refractivity contribution in [3.05, 3.63) is 28.8 Å². The van der Waals surface area contributed by atoms with Gasteiger partial charge in [-0.3, -0.25) is 0 Å². The van der Waals surface area contributed by atoms with Gasteiger partial charge in [-0.1, -0.05) is 17.7 Å². The molecule has 0 aliphatic heterocycles. The molecule has 1 rings (SSSR count). The monoisotopic (exact) mass is 243 g/mol. The summed E-state index contributed by atoms with van der Waals surface area (Å²) in [6.45, 7) is 5.73. The third kappa shape index (κ3) is 4.84. The Kier molecular flexibility index (Phi) is 5.60. The molecule has 0 atom stereocenters. The first-order chi connectivity index (χ1) is 7.59. The molecule has 3 nitrogen and oxygen atoms in total. The molecule has 0 saturated heterocycles. The standard InChI is InChI=1S/C12H18ClNO2/c1-9(2)16-6-5-15-8-10-3-4-11(13)12(14)7-10/h3-4,7,9H,5-6,8,14H2,1-2H3. The van der Waals surface area contributed by atoms with Crippen molar-refractivity contribution in [1.29, 1.82) is 0 Å². The minimum absolute atomic E-state index is 0.245. The highest BCUT2D eigenvalue weighted by atomic mass is 35.5. The molecule has 0 radical (unpaired) electrons. The average Bonchev–Trinajstić information content (AvgIpc) is 2.22. The van der Waals surface area contributed by atoms with E-state index in [0.29, 0.717) is 30.5 Å². The first-order valence-electron chi connectivity index (χ1n) is 5.33. The third-order valence-electron chi connectivity index (χ3n) is 2.01. The maximum absolute atomic E-state index is 5.81. The van der Waals surface area contributed by atoms with Crippen molar-refractivity contribution in [3.8, 4) is 0 Å². The first kappa shape index (κ1) is 13.3. The summed E-state index contributed by atoms with van der Waals surface area (Å²) in [5.74, 6) is 0. The second-order valence-electron chi connectivity index (χ2n) is 3.83. The van der Waals surface area contributed by atoms with Crippen LogP contribution < -0.4 is 5.73 Å². The van der Waals surface area contributed by atoms with E-state index in [0.717, 1.165) is 5.56 Å². The Labute approximate surface area is 101 Å². The van der Waals surface area contributed by atoms with E-state index in [1.54, 1.807) is 6.07 Å². The van der Waals surface area contributed by atoms with Gasteiger partial charge < -0.3 is 15.2 Å². The van der Waals surface area contributed by atoms with Gasteiger partial charge in [0.15, 0.2) is 0 Å². The predicted molar refractivity (Wildman–Crippen MR) is 66.6 cm³/mol. The summed E-state index contributed by atoms with van der Waals surface area (Å²) in [6, 6.07) is 5.51. The largest absolute Gasteiger partial charge is 0.398 e. The maximum Gasteiger partial charge on any atom is 0.0718 e. The Bertz CT molecular complexity index is 329. The fourth-order valence-corrected chi connectivity index (χ4v) is 1.33. The van der Waals surface area contributed by atoms with Crippen molar-refractivity contribution in [1.82, 2.24) is 0 Å². The minimum atomic E-state index is 0.245. The number of hydrogen-bond acceptors (Lipinski definition) is 3. The van der Waals surface area contributed by atoms with Crippen LogP contribution in [-0.4, -0.2) is 19.3 Å². The number of rotatable bonds is 6. The van der Waals surface area contributed by atoms with E-state index in [9.17, 15) is 0 Å². The van der Waals surface area contributed by atoms with Gasteiger partial charge in [-0.25, -0.2) is 0 Å². The minimum Gasteiger partial charge on any atom is -0.398 e. The zero-order valence-electron chi connectivity index (χ0n) is 9.70. The molecule has 0 saturated carbocycles. The molecule has 4 heteroatoms. The number of nitrogens with two attached hydrogens (primary N) is 1. The summed E-state index contributed by atoms with van der Waals surface area (Å²) in [6.07, 6.45) is 0.245. The van der Waals surface area contributed by atoms with Crippen LogP contribution in [0.4, 0.5) is 5.69 Å². The number of ether oxygens (including phenoxy) is 2. The first-order valence-corrected chi connectivity index (χ1v) is 5.70. The van der Waals surface area contributed by atoms with Crippen molar-refractivity contribution in [2.24, 2.45) is 0 Å². The summed E-state index contributed by atoms with van der Waals surface area (Å²) in [7, 11) is 0. The van der Waals surface area contributed by atoms with Gasteiger partial charge in [0, 0.05) is 0 Å². The van der Waals surface area contributed by atoms with Crippen LogP contribution in [0.1, 0.15) is 19.4 Å². The van der Waals surface area contributed by atoms with E-state index < -0.39 is 0 Å². The summed E-state index contributed by atoms with van der Waals surface area (Å²) >= 11 is 5.81. The SMILES string of the molecule is CC(C)OCCOCc1ccc(Cl)c(N)c1. The molecule has 0 aliphatic rings. The molecule has 0 unspecified atom stereocenters. The van der Waals surface area contributed by atoms with Gasteiger partial charge in [-0.15, -0.1) is 0 Å². The Balaban J connectivity index is 2.24. The number of anilines is 1. The van der Waals surface area contributed by atoms with Crippen LogP contribution in [0.5, 0.6) is 0 Å². The lowest BCUT2D eigenvalue weighted by molar-refractivity contribution is 0.0143. The molecule has 1 aromatic rings.